The van der Waals surface area contributed by atoms with Gasteiger partial charge in [0, 0.05) is 13.0 Å². The molecule has 1 aliphatic heterocycles. The van der Waals surface area contributed by atoms with Crippen LogP contribution in [0.4, 0.5) is 4.79 Å². The maximum atomic E-state index is 11.8. The van der Waals surface area contributed by atoms with Crippen molar-refractivity contribution in [1.29, 1.82) is 0 Å². The highest BCUT2D eigenvalue weighted by Gasteiger charge is 2.21. The molecule has 104 valence electrons. The van der Waals surface area contributed by atoms with E-state index < -0.39 is 0 Å². The number of hydrogen-bond donors (Lipinski definition) is 0. The molecule has 0 unspecified atom stereocenters. The molecule has 1 saturated heterocycles. The third-order valence-electron chi connectivity index (χ3n) is 3.18. The molecule has 2 aliphatic rings. The predicted octanol–water partition coefficient (Wildman–Crippen LogP) is 2.04. The molecule has 0 aromatic heterocycles. The number of ether oxygens (including phenoxy) is 2. The summed E-state index contributed by atoms with van der Waals surface area (Å²) in [5.74, 6) is 0.139. The Morgan fingerprint density at radius 1 is 1.47 bits per heavy atom. The van der Waals surface area contributed by atoms with E-state index in [1.807, 2.05) is 19.1 Å². The van der Waals surface area contributed by atoms with E-state index in [0.717, 1.165) is 24.0 Å². The Hall–Kier alpha value is -1.62. The maximum Gasteiger partial charge on any atom is 0.412 e. The van der Waals surface area contributed by atoms with Crippen molar-refractivity contribution in [2.75, 3.05) is 26.5 Å². The first-order chi connectivity index (χ1) is 9.20. The third kappa shape index (κ3) is 3.67. The Morgan fingerprint density at radius 3 is 2.95 bits per heavy atom. The number of allylic oxidation sites excluding steroid dienone is 3. The number of carbonyl (C=O) groups excluding carboxylic acids is 2. The topological polar surface area (TPSA) is 55.8 Å². The lowest BCUT2D eigenvalue weighted by molar-refractivity contribution is -0.115. The van der Waals surface area contributed by atoms with Gasteiger partial charge in [0.2, 0.25) is 0 Å². The first-order valence-electron chi connectivity index (χ1n) is 6.62. The average Bonchev–Trinajstić information content (AvgIpc) is 2.93. The van der Waals surface area contributed by atoms with Crippen molar-refractivity contribution in [2.24, 2.45) is 0 Å². The summed E-state index contributed by atoms with van der Waals surface area (Å²) in [6.45, 7) is 3.64. The van der Waals surface area contributed by atoms with Crippen LogP contribution in [0.1, 0.15) is 26.2 Å². The fourth-order valence-electron chi connectivity index (χ4n) is 2.09. The highest BCUT2D eigenvalue weighted by molar-refractivity contribution is 5.98. The van der Waals surface area contributed by atoms with Crippen LogP contribution in [0.15, 0.2) is 23.3 Å². The first-order valence-corrected chi connectivity index (χ1v) is 6.62. The molecular formula is C14H19NO4. The molecule has 0 radical (unpaired) electrons. The Balaban J connectivity index is 1.83. The molecule has 2 rings (SSSR count). The molecule has 0 N–H and O–H groups in total. The van der Waals surface area contributed by atoms with Gasteiger partial charge in [0.1, 0.15) is 13.3 Å². The van der Waals surface area contributed by atoms with E-state index in [-0.39, 0.29) is 25.2 Å². The second-order valence-electron chi connectivity index (χ2n) is 4.72. The van der Waals surface area contributed by atoms with Crippen molar-refractivity contribution in [2.45, 2.75) is 26.2 Å². The number of carbonyl (C=O) groups is 2. The number of nitrogens with zero attached hydrogens (tertiary/aromatic N) is 1. The van der Waals surface area contributed by atoms with Gasteiger partial charge in [0.25, 0.3) is 0 Å². The lowest BCUT2D eigenvalue weighted by Crippen LogP contribution is -2.29. The van der Waals surface area contributed by atoms with Gasteiger partial charge in [-0.05, 0) is 17.6 Å². The van der Waals surface area contributed by atoms with Crippen LogP contribution in [0.2, 0.25) is 0 Å². The Labute approximate surface area is 112 Å². The molecule has 1 heterocycles. The van der Waals surface area contributed by atoms with Crippen LogP contribution >= 0.6 is 0 Å². The minimum absolute atomic E-state index is 0.139. The monoisotopic (exact) mass is 265 g/mol. The van der Waals surface area contributed by atoms with E-state index in [9.17, 15) is 9.59 Å². The molecule has 0 bridgehead atoms. The lowest BCUT2D eigenvalue weighted by Gasteiger charge is -2.16. The minimum atomic E-state index is -0.380. The second kappa shape index (κ2) is 6.52. The van der Waals surface area contributed by atoms with E-state index in [1.165, 1.54) is 4.90 Å². The first kappa shape index (κ1) is 13.8. The van der Waals surface area contributed by atoms with Gasteiger partial charge in [-0.1, -0.05) is 25.5 Å². The zero-order valence-corrected chi connectivity index (χ0v) is 11.2. The van der Waals surface area contributed by atoms with Crippen molar-refractivity contribution >= 4 is 11.9 Å². The molecule has 5 nitrogen and oxygen atoms in total. The molecule has 1 fully saturated rings. The number of rotatable bonds is 4. The van der Waals surface area contributed by atoms with Crippen molar-refractivity contribution in [1.82, 2.24) is 4.90 Å². The highest BCUT2D eigenvalue weighted by atomic mass is 16.6. The van der Waals surface area contributed by atoms with Crippen LogP contribution in [0, 0.1) is 0 Å². The summed E-state index contributed by atoms with van der Waals surface area (Å²) in [4.78, 5) is 25.0. The van der Waals surface area contributed by atoms with Gasteiger partial charge >= 0.3 is 6.09 Å². The fourth-order valence-corrected chi connectivity index (χ4v) is 2.09. The summed E-state index contributed by atoms with van der Waals surface area (Å²) in [5, 5.41) is 0. The number of Topliss-reactive ketones (excluding diaryl/α,β-unsaturated/α-hetero) is 1. The van der Waals surface area contributed by atoms with Gasteiger partial charge < -0.3 is 9.47 Å². The van der Waals surface area contributed by atoms with Crippen LogP contribution in [0.3, 0.4) is 0 Å². The zero-order chi connectivity index (χ0) is 13.7. The fraction of sp³-hybridized carbons (Fsp3) is 0.571. The predicted molar refractivity (Wildman–Crippen MR) is 69.6 cm³/mol. The molecule has 5 heteroatoms. The van der Waals surface area contributed by atoms with Crippen molar-refractivity contribution in [3.05, 3.63) is 23.3 Å². The highest BCUT2D eigenvalue weighted by Crippen LogP contribution is 2.19. The number of ketones is 1. The average molecular weight is 265 g/mol. The van der Waals surface area contributed by atoms with Gasteiger partial charge in [-0.2, -0.15) is 0 Å². The summed E-state index contributed by atoms with van der Waals surface area (Å²) in [6.07, 6.45) is 5.49. The molecule has 1 amide bonds. The SMILES string of the molecule is CCCC1=CC=C(COC(=O)N2CCOC2)CC1=O. The maximum absolute atomic E-state index is 11.8. The molecule has 0 aromatic carbocycles. The molecule has 0 atom stereocenters. The van der Waals surface area contributed by atoms with Gasteiger partial charge in [-0.25, -0.2) is 4.79 Å². The normalized spacial score (nSPS) is 19.2. The summed E-state index contributed by atoms with van der Waals surface area (Å²) >= 11 is 0. The standard InChI is InChI=1S/C14H19NO4/c1-2-3-12-5-4-11(8-13(12)16)9-19-14(17)15-6-7-18-10-15/h4-5H,2-3,6-10H2,1H3. The van der Waals surface area contributed by atoms with E-state index in [1.54, 1.807) is 0 Å². The second-order valence-corrected chi connectivity index (χ2v) is 4.72. The van der Waals surface area contributed by atoms with Gasteiger partial charge in [0.15, 0.2) is 5.78 Å². The summed E-state index contributed by atoms with van der Waals surface area (Å²) in [6, 6.07) is 0. The molecule has 0 aromatic rings. The Kier molecular flexibility index (Phi) is 4.74. The molecule has 1 aliphatic carbocycles. The summed E-state index contributed by atoms with van der Waals surface area (Å²) < 4.78 is 10.2. The van der Waals surface area contributed by atoms with Crippen LogP contribution < -0.4 is 0 Å². The van der Waals surface area contributed by atoms with Crippen molar-refractivity contribution in [3.8, 4) is 0 Å². The molecule has 19 heavy (non-hydrogen) atoms. The summed E-state index contributed by atoms with van der Waals surface area (Å²) in [7, 11) is 0. The minimum Gasteiger partial charge on any atom is -0.445 e. The number of amides is 1. The van der Waals surface area contributed by atoms with Gasteiger partial charge in [-0.15, -0.1) is 0 Å². The van der Waals surface area contributed by atoms with Crippen LogP contribution in [0.5, 0.6) is 0 Å². The molecule has 0 spiro atoms. The third-order valence-corrected chi connectivity index (χ3v) is 3.18. The zero-order valence-electron chi connectivity index (χ0n) is 11.2. The smallest absolute Gasteiger partial charge is 0.412 e. The Morgan fingerprint density at radius 2 is 2.32 bits per heavy atom. The van der Waals surface area contributed by atoms with Crippen molar-refractivity contribution in [3.63, 3.8) is 0 Å². The molecular weight excluding hydrogens is 246 g/mol. The van der Waals surface area contributed by atoms with E-state index in [0.29, 0.717) is 19.6 Å². The molecule has 0 saturated carbocycles. The Bertz CT molecular complexity index is 419. The van der Waals surface area contributed by atoms with E-state index >= 15 is 0 Å². The van der Waals surface area contributed by atoms with E-state index in [4.69, 9.17) is 9.47 Å². The van der Waals surface area contributed by atoms with Crippen LogP contribution in [-0.2, 0) is 14.3 Å². The van der Waals surface area contributed by atoms with Gasteiger partial charge in [0.05, 0.1) is 6.61 Å². The lowest BCUT2D eigenvalue weighted by atomic mass is 9.95. The van der Waals surface area contributed by atoms with Crippen molar-refractivity contribution < 1.29 is 19.1 Å². The van der Waals surface area contributed by atoms with E-state index in [2.05, 4.69) is 0 Å². The number of hydrogen-bond acceptors (Lipinski definition) is 4. The largest absolute Gasteiger partial charge is 0.445 e. The van der Waals surface area contributed by atoms with Crippen LogP contribution in [-0.4, -0.2) is 43.3 Å². The summed E-state index contributed by atoms with van der Waals surface area (Å²) in [5.41, 5.74) is 1.71. The quantitative estimate of drug-likeness (QED) is 0.780. The van der Waals surface area contributed by atoms with Crippen LogP contribution in [0.25, 0.3) is 0 Å². The van der Waals surface area contributed by atoms with Gasteiger partial charge in [-0.3, -0.25) is 9.69 Å².